The van der Waals surface area contributed by atoms with Gasteiger partial charge in [0.1, 0.15) is 5.76 Å². The maximum absolute atomic E-state index is 11.5. The number of hydrogen-bond acceptors (Lipinski definition) is 9. The van der Waals surface area contributed by atoms with Gasteiger partial charge in [-0.3, -0.25) is 9.59 Å². The number of carbonyl (C=O) groups excluding carboxylic acids is 3. The Morgan fingerprint density at radius 1 is 1.17 bits per heavy atom. The Hall–Kier alpha value is -2.16. The molecule has 0 bridgehead atoms. The summed E-state index contributed by atoms with van der Waals surface area (Å²) >= 11 is 0.937. The Morgan fingerprint density at radius 2 is 1.91 bits per heavy atom. The quantitative estimate of drug-likeness (QED) is 0.373. The van der Waals surface area contributed by atoms with Crippen molar-refractivity contribution in [2.75, 3.05) is 19.2 Å². The number of allylic oxidation sites excluding steroid dienone is 1. The number of carbonyl (C=O) groups is 3. The molecule has 0 amide bonds. The summed E-state index contributed by atoms with van der Waals surface area (Å²) in [5.41, 5.74) is 0. The van der Waals surface area contributed by atoms with Crippen LogP contribution in [0, 0.1) is 0 Å². The average molecular weight is 346 g/mol. The lowest BCUT2D eigenvalue weighted by Gasteiger charge is -2.05. The van der Waals surface area contributed by atoms with Crippen molar-refractivity contribution in [2.24, 2.45) is 0 Å². The molecule has 23 heavy (non-hydrogen) atoms. The van der Waals surface area contributed by atoms with Gasteiger partial charge in [-0.05, 0) is 31.7 Å². The number of esters is 2. The molecule has 0 saturated heterocycles. The normalized spacial score (nSPS) is 13.2. The van der Waals surface area contributed by atoms with Gasteiger partial charge in [-0.2, -0.15) is 0 Å². The highest BCUT2D eigenvalue weighted by molar-refractivity contribution is 8.13. The van der Waals surface area contributed by atoms with Crippen LogP contribution in [-0.2, 0) is 33.3 Å². The zero-order chi connectivity index (χ0) is 17.2. The first-order chi connectivity index (χ1) is 10.9. The Bertz CT molecular complexity index is 511. The average Bonchev–Trinajstić information content (AvgIpc) is 2.79. The van der Waals surface area contributed by atoms with E-state index in [9.17, 15) is 14.4 Å². The van der Waals surface area contributed by atoms with Crippen molar-refractivity contribution >= 4 is 29.0 Å². The highest BCUT2D eigenvalue weighted by atomic mass is 32.2. The van der Waals surface area contributed by atoms with Crippen molar-refractivity contribution in [1.82, 2.24) is 0 Å². The molecule has 0 aromatic rings. The van der Waals surface area contributed by atoms with Crippen LogP contribution in [-0.4, -0.2) is 36.4 Å². The van der Waals surface area contributed by atoms with E-state index in [4.69, 9.17) is 14.2 Å². The van der Waals surface area contributed by atoms with Gasteiger partial charge in [0.05, 0.1) is 0 Å². The second-order valence-electron chi connectivity index (χ2n) is 4.32. The fourth-order valence-corrected chi connectivity index (χ4v) is 1.97. The molecule has 9 heteroatoms. The van der Waals surface area contributed by atoms with Gasteiger partial charge in [0.15, 0.2) is 12.4 Å². The van der Waals surface area contributed by atoms with Gasteiger partial charge >= 0.3 is 17.2 Å². The summed E-state index contributed by atoms with van der Waals surface area (Å²) in [7, 11) is 0. The van der Waals surface area contributed by atoms with Crippen molar-refractivity contribution in [3.8, 4) is 0 Å². The smallest absolute Gasteiger partial charge is 0.367 e. The maximum atomic E-state index is 11.5. The monoisotopic (exact) mass is 346 g/mol. The van der Waals surface area contributed by atoms with E-state index < -0.39 is 24.0 Å². The molecule has 0 unspecified atom stereocenters. The molecule has 0 radical (unpaired) electrons. The first-order valence-electron chi connectivity index (χ1n) is 6.71. The van der Waals surface area contributed by atoms with Gasteiger partial charge in [-0.15, -0.1) is 0 Å². The van der Waals surface area contributed by atoms with Crippen molar-refractivity contribution in [3.05, 3.63) is 24.0 Å². The Morgan fingerprint density at radius 3 is 2.52 bits per heavy atom. The van der Waals surface area contributed by atoms with Crippen molar-refractivity contribution < 1.29 is 38.1 Å². The van der Waals surface area contributed by atoms with Crippen molar-refractivity contribution in [3.63, 3.8) is 0 Å². The SMILES string of the molecule is C=C1OC(C)=C(COC(=O)SCCCC(=O)OCOC(C)=O)O1. The van der Waals surface area contributed by atoms with Crippen LogP contribution < -0.4 is 0 Å². The molecule has 0 aromatic carbocycles. The molecular formula is C14H18O8S. The Labute approximate surface area is 137 Å². The molecule has 1 aliphatic heterocycles. The molecule has 0 spiro atoms. The highest BCUT2D eigenvalue weighted by Gasteiger charge is 2.19. The number of rotatable bonds is 8. The third-order valence-corrected chi connectivity index (χ3v) is 3.29. The standard InChI is InChI=1S/C14H18O8S/c1-9-12(22-11(3)21-9)7-18-14(17)23-6-4-5-13(16)20-8-19-10(2)15/h3-8H2,1-2H3. The van der Waals surface area contributed by atoms with E-state index in [1.54, 1.807) is 6.92 Å². The van der Waals surface area contributed by atoms with Crippen LogP contribution in [0.25, 0.3) is 0 Å². The molecule has 0 fully saturated rings. The van der Waals surface area contributed by atoms with Gasteiger partial charge in [0.25, 0.3) is 5.95 Å². The minimum Gasteiger partial charge on any atom is -0.449 e. The fourth-order valence-electron chi connectivity index (χ4n) is 1.38. The summed E-state index contributed by atoms with van der Waals surface area (Å²) in [6.45, 7) is 5.94. The van der Waals surface area contributed by atoms with E-state index in [1.807, 2.05) is 0 Å². The topological polar surface area (TPSA) is 97.4 Å². The van der Waals surface area contributed by atoms with Crippen LogP contribution in [0.2, 0.25) is 0 Å². The molecule has 0 aromatic heterocycles. The minimum atomic E-state index is -0.526. The highest BCUT2D eigenvalue weighted by Crippen LogP contribution is 2.23. The van der Waals surface area contributed by atoms with E-state index >= 15 is 0 Å². The zero-order valence-corrected chi connectivity index (χ0v) is 13.7. The minimum absolute atomic E-state index is 0.0406. The van der Waals surface area contributed by atoms with E-state index in [-0.39, 0.29) is 19.0 Å². The summed E-state index contributed by atoms with van der Waals surface area (Å²) in [6.07, 6.45) is 0.541. The van der Waals surface area contributed by atoms with Crippen LogP contribution >= 0.6 is 11.8 Å². The van der Waals surface area contributed by atoms with E-state index in [0.29, 0.717) is 23.7 Å². The van der Waals surface area contributed by atoms with Gasteiger partial charge in [0.2, 0.25) is 6.79 Å². The van der Waals surface area contributed by atoms with E-state index in [0.717, 1.165) is 11.8 Å². The maximum Gasteiger partial charge on any atom is 0.367 e. The molecule has 1 heterocycles. The molecule has 8 nitrogen and oxygen atoms in total. The summed E-state index contributed by atoms with van der Waals surface area (Å²) in [6, 6.07) is 0. The van der Waals surface area contributed by atoms with Crippen LogP contribution in [0.3, 0.4) is 0 Å². The summed E-state index contributed by atoms with van der Waals surface area (Å²) in [5, 5.41) is -0.486. The second kappa shape index (κ2) is 9.78. The van der Waals surface area contributed by atoms with Crippen LogP contribution in [0.15, 0.2) is 24.0 Å². The lowest BCUT2D eigenvalue weighted by atomic mass is 10.3. The summed E-state index contributed by atoms with van der Waals surface area (Å²) in [4.78, 5) is 33.2. The third-order valence-electron chi connectivity index (χ3n) is 2.45. The lowest BCUT2D eigenvalue weighted by Crippen LogP contribution is -2.11. The molecule has 0 N–H and O–H groups in total. The molecule has 1 aliphatic rings. The Kier molecular flexibility index (Phi) is 8.03. The fraction of sp³-hybridized carbons (Fsp3) is 0.500. The van der Waals surface area contributed by atoms with Crippen molar-refractivity contribution in [2.45, 2.75) is 26.7 Å². The third kappa shape index (κ3) is 8.15. The largest absolute Gasteiger partial charge is 0.449 e. The lowest BCUT2D eigenvalue weighted by molar-refractivity contribution is -0.165. The molecule has 128 valence electrons. The van der Waals surface area contributed by atoms with E-state index in [1.165, 1.54) is 6.92 Å². The van der Waals surface area contributed by atoms with Gasteiger partial charge in [-0.25, -0.2) is 4.79 Å². The van der Waals surface area contributed by atoms with Crippen LogP contribution in [0.1, 0.15) is 26.7 Å². The molecule has 1 rings (SSSR count). The zero-order valence-electron chi connectivity index (χ0n) is 12.9. The van der Waals surface area contributed by atoms with Gasteiger partial charge < -0.3 is 23.7 Å². The van der Waals surface area contributed by atoms with E-state index in [2.05, 4.69) is 16.1 Å². The van der Waals surface area contributed by atoms with Gasteiger partial charge in [0, 0.05) is 19.1 Å². The molecular weight excluding hydrogens is 328 g/mol. The predicted octanol–water partition coefficient (Wildman–Crippen LogP) is 2.45. The predicted molar refractivity (Wildman–Crippen MR) is 79.8 cm³/mol. The first kappa shape index (κ1) is 18.9. The summed E-state index contributed by atoms with van der Waals surface area (Å²) < 4.78 is 24.3. The molecule has 0 atom stereocenters. The van der Waals surface area contributed by atoms with Crippen molar-refractivity contribution in [1.29, 1.82) is 0 Å². The van der Waals surface area contributed by atoms with Gasteiger partial charge in [-0.1, -0.05) is 0 Å². The summed E-state index contributed by atoms with van der Waals surface area (Å²) in [5.74, 6) is 0.413. The molecule has 0 aliphatic carbocycles. The second-order valence-corrected chi connectivity index (χ2v) is 5.35. The Balaban J connectivity index is 2.06. The first-order valence-corrected chi connectivity index (χ1v) is 7.70. The number of hydrogen-bond donors (Lipinski definition) is 0. The van der Waals surface area contributed by atoms with Crippen LogP contribution in [0.4, 0.5) is 4.79 Å². The molecule has 0 saturated carbocycles. The number of ether oxygens (including phenoxy) is 5. The number of thioether (sulfide) groups is 1. The van der Waals surface area contributed by atoms with Crippen LogP contribution in [0.5, 0.6) is 0 Å².